The van der Waals surface area contributed by atoms with Crippen LogP contribution in [0, 0.1) is 5.92 Å². The number of amides is 1. The Morgan fingerprint density at radius 2 is 1.96 bits per heavy atom. The summed E-state index contributed by atoms with van der Waals surface area (Å²) in [6.07, 6.45) is 2.59. The van der Waals surface area contributed by atoms with Crippen LogP contribution in [0.4, 0.5) is 0 Å². The number of rotatable bonds is 6. The Morgan fingerprint density at radius 1 is 1.30 bits per heavy atom. The van der Waals surface area contributed by atoms with Crippen molar-refractivity contribution in [1.82, 2.24) is 15.5 Å². The fourth-order valence-electron chi connectivity index (χ4n) is 3.08. The second kappa shape index (κ2) is 9.82. The largest absolute Gasteiger partial charge is 0.381 e. The summed E-state index contributed by atoms with van der Waals surface area (Å²) in [6.45, 7) is 5.24. The summed E-state index contributed by atoms with van der Waals surface area (Å²) < 4.78 is 10.6. The number of nitrogens with one attached hydrogen (secondary N) is 1. The highest BCUT2D eigenvalue weighted by Gasteiger charge is 2.28. The maximum Gasteiger partial charge on any atom is 0.249 e. The standard InChI is InChI=1S/C19H26N4O3.ClH/c1-3-13-4-6-15(7-5-13)17-22-19(26-23-17)12(2)21-18(24)16(20)14-8-10-25-11-9-14;/h4-7,12,14,16H,3,8-11,20H2,1-2H3,(H,21,24);1H. The fourth-order valence-corrected chi connectivity index (χ4v) is 3.08. The van der Waals surface area contributed by atoms with Crippen molar-refractivity contribution in [2.24, 2.45) is 11.7 Å². The zero-order valence-corrected chi connectivity index (χ0v) is 16.5. The molecular weight excluding hydrogens is 368 g/mol. The van der Waals surface area contributed by atoms with Gasteiger partial charge in [0.05, 0.1) is 6.04 Å². The number of ether oxygens (including phenoxy) is 1. The van der Waals surface area contributed by atoms with E-state index in [2.05, 4.69) is 22.4 Å². The molecule has 0 aliphatic carbocycles. The third-order valence-corrected chi connectivity index (χ3v) is 4.87. The maximum atomic E-state index is 12.4. The van der Waals surface area contributed by atoms with Crippen molar-refractivity contribution >= 4 is 18.3 Å². The van der Waals surface area contributed by atoms with Gasteiger partial charge in [0.2, 0.25) is 17.6 Å². The highest BCUT2D eigenvalue weighted by atomic mass is 35.5. The zero-order valence-electron chi connectivity index (χ0n) is 15.7. The first-order valence-corrected chi connectivity index (χ1v) is 9.15. The number of benzene rings is 1. The number of carbonyl (C=O) groups excluding carboxylic acids is 1. The van der Waals surface area contributed by atoms with E-state index < -0.39 is 12.1 Å². The lowest BCUT2D eigenvalue weighted by Crippen LogP contribution is -2.47. The van der Waals surface area contributed by atoms with Crippen molar-refractivity contribution in [3.05, 3.63) is 35.7 Å². The smallest absolute Gasteiger partial charge is 0.249 e. The first-order chi connectivity index (χ1) is 12.6. The second-order valence-corrected chi connectivity index (χ2v) is 6.71. The van der Waals surface area contributed by atoms with E-state index in [0.717, 1.165) is 24.8 Å². The first kappa shape index (κ1) is 21.3. The molecule has 1 saturated heterocycles. The third kappa shape index (κ3) is 5.28. The van der Waals surface area contributed by atoms with Crippen molar-refractivity contribution in [2.75, 3.05) is 13.2 Å². The lowest BCUT2D eigenvalue weighted by atomic mass is 9.92. The van der Waals surface area contributed by atoms with E-state index in [9.17, 15) is 4.79 Å². The molecule has 3 N–H and O–H groups in total. The molecule has 3 rings (SSSR count). The van der Waals surface area contributed by atoms with E-state index in [4.69, 9.17) is 15.0 Å². The van der Waals surface area contributed by atoms with Gasteiger partial charge in [-0.05, 0) is 37.7 Å². The molecular formula is C19H27ClN4O3. The Kier molecular flexibility index (Phi) is 7.77. The number of aromatic nitrogens is 2. The summed E-state index contributed by atoms with van der Waals surface area (Å²) in [5, 5.41) is 6.90. The average Bonchev–Trinajstić information content (AvgIpc) is 3.18. The molecule has 8 heteroatoms. The predicted molar refractivity (Wildman–Crippen MR) is 104 cm³/mol. The molecule has 148 valence electrons. The normalized spacial score (nSPS) is 17.0. The fraction of sp³-hybridized carbons (Fsp3) is 0.526. The van der Waals surface area contributed by atoms with E-state index in [1.54, 1.807) is 0 Å². The maximum absolute atomic E-state index is 12.4. The molecule has 1 amide bonds. The SMILES string of the molecule is CCc1ccc(-c2noc(C(C)NC(=O)C(N)C3CCOCC3)n2)cc1.Cl. The Bertz CT molecular complexity index is 729. The van der Waals surface area contributed by atoms with Crippen LogP contribution < -0.4 is 11.1 Å². The van der Waals surface area contributed by atoms with Gasteiger partial charge in [-0.1, -0.05) is 36.3 Å². The van der Waals surface area contributed by atoms with Crippen LogP contribution in [0.5, 0.6) is 0 Å². The second-order valence-electron chi connectivity index (χ2n) is 6.71. The lowest BCUT2D eigenvalue weighted by Gasteiger charge is -2.27. The molecule has 2 aromatic rings. The molecule has 0 saturated carbocycles. The Hall–Kier alpha value is -1.96. The monoisotopic (exact) mass is 394 g/mol. The number of hydrogen-bond donors (Lipinski definition) is 2. The molecule has 1 aliphatic heterocycles. The van der Waals surface area contributed by atoms with Gasteiger partial charge in [-0.15, -0.1) is 12.4 Å². The molecule has 1 aromatic carbocycles. The first-order valence-electron chi connectivity index (χ1n) is 9.15. The molecule has 1 aromatic heterocycles. The number of aryl methyl sites for hydroxylation is 1. The van der Waals surface area contributed by atoms with Gasteiger partial charge in [0.1, 0.15) is 6.04 Å². The van der Waals surface area contributed by atoms with Crippen LogP contribution in [0.1, 0.15) is 44.2 Å². The van der Waals surface area contributed by atoms with Crippen LogP contribution in [0.25, 0.3) is 11.4 Å². The van der Waals surface area contributed by atoms with Crippen molar-refractivity contribution in [2.45, 2.75) is 45.2 Å². The number of nitrogens with two attached hydrogens (primary N) is 1. The minimum absolute atomic E-state index is 0. The van der Waals surface area contributed by atoms with E-state index in [0.29, 0.717) is 24.9 Å². The van der Waals surface area contributed by atoms with Gasteiger partial charge in [-0.2, -0.15) is 4.98 Å². The number of halogens is 1. The van der Waals surface area contributed by atoms with Gasteiger partial charge >= 0.3 is 0 Å². The molecule has 1 fully saturated rings. The molecule has 2 heterocycles. The molecule has 1 aliphatic rings. The Labute approximate surface area is 165 Å². The Balaban J connectivity index is 0.00000261. The van der Waals surface area contributed by atoms with Gasteiger partial charge in [0.15, 0.2) is 0 Å². The van der Waals surface area contributed by atoms with E-state index in [1.165, 1.54) is 5.56 Å². The number of hydrogen-bond acceptors (Lipinski definition) is 6. The molecule has 7 nitrogen and oxygen atoms in total. The molecule has 0 spiro atoms. The van der Waals surface area contributed by atoms with E-state index in [1.807, 2.05) is 31.2 Å². The van der Waals surface area contributed by atoms with Crippen LogP contribution in [0.15, 0.2) is 28.8 Å². The highest BCUT2D eigenvalue weighted by Crippen LogP contribution is 2.21. The quantitative estimate of drug-likeness (QED) is 0.780. The molecule has 2 unspecified atom stereocenters. The van der Waals surface area contributed by atoms with Gasteiger partial charge in [0, 0.05) is 18.8 Å². The van der Waals surface area contributed by atoms with Crippen molar-refractivity contribution in [3.63, 3.8) is 0 Å². The highest BCUT2D eigenvalue weighted by molar-refractivity contribution is 5.85. The summed E-state index contributed by atoms with van der Waals surface area (Å²) in [5.74, 6) is 0.826. The summed E-state index contributed by atoms with van der Waals surface area (Å²) in [4.78, 5) is 16.8. The average molecular weight is 395 g/mol. The van der Waals surface area contributed by atoms with Crippen LogP contribution in [-0.2, 0) is 16.0 Å². The minimum Gasteiger partial charge on any atom is -0.381 e. The summed E-state index contributed by atoms with van der Waals surface area (Å²) in [7, 11) is 0. The van der Waals surface area contributed by atoms with Gasteiger partial charge in [-0.3, -0.25) is 4.79 Å². The predicted octanol–water partition coefficient (Wildman–Crippen LogP) is 2.65. The van der Waals surface area contributed by atoms with E-state index >= 15 is 0 Å². The van der Waals surface area contributed by atoms with Gasteiger partial charge < -0.3 is 20.3 Å². The summed E-state index contributed by atoms with van der Waals surface area (Å²) >= 11 is 0. The molecule has 27 heavy (non-hydrogen) atoms. The number of carbonyl (C=O) groups is 1. The van der Waals surface area contributed by atoms with E-state index in [-0.39, 0.29) is 24.2 Å². The van der Waals surface area contributed by atoms with Crippen LogP contribution in [-0.4, -0.2) is 35.3 Å². The summed E-state index contributed by atoms with van der Waals surface area (Å²) in [5.41, 5.74) is 8.24. The molecule has 2 atom stereocenters. The van der Waals surface area contributed by atoms with Gasteiger partial charge in [0.25, 0.3) is 0 Å². The van der Waals surface area contributed by atoms with Crippen molar-refractivity contribution in [1.29, 1.82) is 0 Å². The zero-order chi connectivity index (χ0) is 18.5. The third-order valence-electron chi connectivity index (χ3n) is 4.87. The van der Waals surface area contributed by atoms with Gasteiger partial charge in [-0.25, -0.2) is 0 Å². The topological polar surface area (TPSA) is 103 Å². The van der Waals surface area contributed by atoms with Crippen molar-refractivity contribution in [3.8, 4) is 11.4 Å². The molecule has 0 bridgehead atoms. The molecule has 0 radical (unpaired) electrons. The van der Waals surface area contributed by atoms with Crippen molar-refractivity contribution < 1.29 is 14.1 Å². The van der Waals surface area contributed by atoms with Crippen LogP contribution in [0.3, 0.4) is 0 Å². The number of nitrogens with zero attached hydrogens (tertiary/aromatic N) is 2. The lowest BCUT2D eigenvalue weighted by molar-refractivity contribution is -0.125. The van der Waals surface area contributed by atoms with Crippen LogP contribution >= 0.6 is 12.4 Å². The Morgan fingerprint density at radius 3 is 2.59 bits per heavy atom. The minimum atomic E-state index is -0.551. The van der Waals surface area contributed by atoms with Crippen LogP contribution in [0.2, 0.25) is 0 Å². The summed E-state index contributed by atoms with van der Waals surface area (Å²) in [6, 6.07) is 7.08.